The van der Waals surface area contributed by atoms with Crippen LogP contribution in [0.15, 0.2) is 48.5 Å². The zero-order valence-corrected chi connectivity index (χ0v) is 22.8. The second-order valence-electron chi connectivity index (χ2n) is 9.75. The predicted octanol–water partition coefficient (Wildman–Crippen LogP) is 5.15. The van der Waals surface area contributed by atoms with E-state index in [0.717, 1.165) is 49.3 Å². The summed E-state index contributed by atoms with van der Waals surface area (Å²) in [4.78, 5) is 2.37. The Bertz CT molecular complexity index is 1290. The van der Waals surface area contributed by atoms with Crippen LogP contribution >= 0.6 is 0 Å². The van der Waals surface area contributed by atoms with Crippen LogP contribution < -0.4 is 15.8 Å². The van der Waals surface area contributed by atoms with Crippen LogP contribution in [0.5, 0.6) is 5.75 Å². The molecule has 0 bridgehead atoms. The summed E-state index contributed by atoms with van der Waals surface area (Å²) in [5, 5.41) is 4.33. The van der Waals surface area contributed by atoms with Crippen molar-refractivity contribution in [3.63, 3.8) is 0 Å². The normalized spacial score (nSPS) is 14.7. The van der Waals surface area contributed by atoms with E-state index in [0.29, 0.717) is 49.9 Å². The number of alkyl halides is 3. The Morgan fingerprint density at radius 1 is 0.975 bits per heavy atom. The summed E-state index contributed by atoms with van der Waals surface area (Å²) in [5.74, 6) is 6.28. The molecular formula is C30H37F3N4O3. The SMILES string of the molecule is CC#Cc1cc2c(NC3CCN(CCOCCOCCOc4cccc(N)c4)CC3)cccc2n1CC(F)(F)F. The molecule has 4 rings (SSSR count). The number of nitrogens with zero attached hydrogens (tertiary/aromatic N) is 2. The van der Waals surface area contributed by atoms with Crippen LogP contribution in [0.3, 0.4) is 0 Å². The van der Waals surface area contributed by atoms with E-state index in [-0.39, 0.29) is 6.04 Å². The Hall–Kier alpha value is -3.39. The van der Waals surface area contributed by atoms with E-state index in [2.05, 4.69) is 22.1 Å². The molecule has 0 radical (unpaired) electrons. The van der Waals surface area contributed by atoms with Gasteiger partial charge in [-0.25, -0.2) is 0 Å². The van der Waals surface area contributed by atoms with Crippen LogP contribution in [0.4, 0.5) is 24.5 Å². The number of likely N-dealkylation sites (tertiary alicyclic amines) is 1. The van der Waals surface area contributed by atoms with E-state index in [9.17, 15) is 13.2 Å². The number of nitrogens with one attached hydrogen (secondary N) is 1. The van der Waals surface area contributed by atoms with Crippen molar-refractivity contribution in [2.75, 3.05) is 63.7 Å². The topological polar surface area (TPSA) is 73.9 Å². The summed E-state index contributed by atoms with van der Waals surface area (Å²) in [6, 6.07) is 14.7. The van der Waals surface area contributed by atoms with Crippen LogP contribution in [0.2, 0.25) is 0 Å². The first-order chi connectivity index (χ1) is 19.3. The van der Waals surface area contributed by atoms with Crippen LogP contribution in [-0.2, 0) is 16.0 Å². The molecule has 1 aromatic heterocycles. The van der Waals surface area contributed by atoms with Gasteiger partial charge >= 0.3 is 6.18 Å². The second kappa shape index (κ2) is 14.3. The molecule has 10 heteroatoms. The van der Waals surface area contributed by atoms with Crippen molar-refractivity contribution >= 4 is 22.3 Å². The molecule has 0 aliphatic carbocycles. The number of benzene rings is 2. The standard InChI is InChI=1S/C30H37F3N4O3/c1-2-5-25-21-27-28(8-4-9-29(27)37(25)22-30(31,32)33)35-24-10-12-36(13-11-24)14-15-38-16-17-39-18-19-40-26-7-3-6-23(34)20-26/h3-4,6-9,20-21,24,35H,10-19,22,34H2,1H3. The fourth-order valence-corrected chi connectivity index (χ4v) is 4.85. The minimum absolute atomic E-state index is 0.248. The highest BCUT2D eigenvalue weighted by Crippen LogP contribution is 2.31. The summed E-state index contributed by atoms with van der Waals surface area (Å²) in [5.41, 5.74) is 8.15. The molecule has 3 N–H and O–H groups in total. The van der Waals surface area contributed by atoms with Crippen molar-refractivity contribution in [3.05, 3.63) is 54.2 Å². The van der Waals surface area contributed by atoms with Gasteiger partial charge in [-0.3, -0.25) is 0 Å². The molecule has 0 amide bonds. The Morgan fingerprint density at radius 2 is 1.70 bits per heavy atom. The lowest BCUT2D eigenvalue weighted by atomic mass is 10.0. The number of halogens is 3. The molecule has 3 aromatic rings. The number of nitrogen functional groups attached to an aromatic ring is 1. The molecule has 1 aliphatic rings. The molecular weight excluding hydrogens is 521 g/mol. The third kappa shape index (κ3) is 8.81. The number of fused-ring (bicyclic) bond motifs is 1. The summed E-state index contributed by atoms with van der Waals surface area (Å²) >= 11 is 0. The number of nitrogens with two attached hydrogens (primary N) is 1. The fraction of sp³-hybridized carbons (Fsp3) is 0.467. The molecule has 0 atom stereocenters. The van der Waals surface area contributed by atoms with Gasteiger partial charge < -0.3 is 34.7 Å². The maximum atomic E-state index is 13.2. The molecule has 1 saturated heterocycles. The third-order valence-electron chi connectivity index (χ3n) is 6.76. The highest BCUT2D eigenvalue weighted by Gasteiger charge is 2.30. The number of piperidine rings is 1. The van der Waals surface area contributed by atoms with Crippen LogP contribution in [0, 0.1) is 11.8 Å². The quantitative estimate of drug-likeness (QED) is 0.172. The minimum Gasteiger partial charge on any atom is -0.491 e. The van der Waals surface area contributed by atoms with Gasteiger partial charge in [-0.2, -0.15) is 13.2 Å². The molecule has 216 valence electrons. The molecule has 1 fully saturated rings. The summed E-state index contributed by atoms with van der Waals surface area (Å²) < 4.78 is 57.8. The molecule has 0 unspecified atom stereocenters. The molecule has 2 aromatic carbocycles. The predicted molar refractivity (Wildman–Crippen MR) is 152 cm³/mol. The average Bonchev–Trinajstić information content (AvgIpc) is 3.25. The van der Waals surface area contributed by atoms with Crippen molar-refractivity contribution in [2.45, 2.75) is 38.5 Å². The number of ether oxygens (including phenoxy) is 3. The summed E-state index contributed by atoms with van der Waals surface area (Å²) in [6.45, 7) is 5.87. The maximum absolute atomic E-state index is 13.2. The zero-order valence-electron chi connectivity index (χ0n) is 22.8. The van der Waals surface area contributed by atoms with Crippen molar-refractivity contribution in [2.24, 2.45) is 0 Å². The van der Waals surface area contributed by atoms with Crippen LogP contribution in [0.1, 0.15) is 25.5 Å². The Morgan fingerprint density at radius 3 is 2.42 bits per heavy atom. The lowest BCUT2D eigenvalue weighted by molar-refractivity contribution is -0.140. The number of hydrogen-bond donors (Lipinski definition) is 2. The number of anilines is 2. The van der Waals surface area contributed by atoms with E-state index < -0.39 is 12.7 Å². The van der Waals surface area contributed by atoms with Gasteiger partial charge in [-0.1, -0.05) is 18.1 Å². The van der Waals surface area contributed by atoms with E-state index in [1.807, 2.05) is 24.3 Å². The van der Waals surface area contributed by atoms with Crippen molar-refractivity contribution in [1.82, 2.24) is 9.47 Å². The number of hydrogen-bond acceptors (Lipinski definition) is 6. The van der Waals surface area contributed by atoms with Crippen LogP contribution in [-0.4, -0.2) is 74.4 Å². The van der Waals surface area contributed by atoms with Gasteiger partial charge in [-0.15, -0.1) is 0 Å². The lowest BCUT2D eigenvalue weighted by Gasteiger charge is -2.32. The smallest absolute Gasteiger partial charge is 0.406 e. The van der Waals surface area contributed by atoms with Crippen molar-refractivity contribution < 1.29 is 27.4 Å². The molecule has 0 saturated carbocycles. The zero-order chi connectivity index (χ0) is 28.4. The summed E-state index contributed by atoms with van der Waals surface area (Å²) in [6.07, 6.45) is -2.44. The largest absolute Gasteiger partial charge is 0.491 e. The number of aromatic nitrogens is 1. The maximum Gasteiger partial charge on any atom is 0.406 e. The first-order valence-corrected chi connectivity index (χ1v) is 13.6. The molecule has 2 heterocycles. The number of rotatable bonds is 13. The van der Waals surface area contributed by atoms with E-state index in [1.54, 1.807) is 31.2 Å². The average molecular weight is 559 g/mol. The van der Waals surface area contributed by atoms with Gasteiger partial charge in [0.2, 0.25) is 0 Å². The lowest BCUT2D eigenvalue weighted by Crippen LogP contribution is -2.40. The van der Waals surface area contributed by atoms with Gasteiger partial charge in [0.15, 0.2) is 0 Å². The summed E-state index contributed by atoms with van der Waals surface area (Å²) in [7, 11) is 0. The van der Waals surface area contributed by atoms with Gasteiger partial charge in [0, 0.05) is 48.5 Å². The second-order valence-corrected chi connectivity index (χ2v) is 9.75. The van der Waals surface area contributed by atoms with Gasteiger partial charge in [0.05, 0.1) is 37.6 Å². The first-order valence-electron chi connectivity index (χ1n) is 13.6. The van der Waals surface area contributed by atoms with Gasteiger partial charge in [-0.05, 0) is 56.0 Å². The fourth-order valence-electron chi connectivity index (χ4n) is 4.85. The highest BCUT2D eigenvalue weighted by atomic mass is 19.4. The molecule has 40 heavy (non-hydrogen) atoms. The molecule has 0 spiro atoms. The van der Waals surface area contributed by atoms with Gasteiger partial charge in [0.25, 0.3) is 0 Å². The Labute approximate surface area is 233 Å². The minimum atomic E-state index is -4.32. The van der Waals surface area contributed by atoms with Crippen molar-refractivity contribution in [3.8, 4) is 17.6 Å². The van der Waals surface area contributed by atoms with Crippen LogP contribution in [0.25, 0.3) is 10.9 Å². The van der Waals surface area contributed by atoms with E-state index >= 15 is 0 Å². The van der Waals surface area contributed by atoms with E-state index in [4.69, 9.17) is 19.9 Å². The highest BCUT2D eigenvalue weighted by molar-refractivity contribution is 5.94. The van der Waals surface area contributed by atoms with Gasteiger partial charge in [0.1, 0.15) is 18.9 Å². The molecule has 7 nitrogen and oxygen atoms in total. The van der Waals surface area contributed by atoms with Crippen molar-refractivity contribution in [1.29, 1.82) is 0 Å². The molecule has 1 aliphatic heterocycles. The third-order valence-corrected chi connectivity index (χ3v) is 6.76. The Kier molecular flexibility index (Phi) is 10.6. The monoisotopic (exact) mass is 558 g/mol. The van der Waals surface area contributed by atoms with E-state index in [1.165, 1.54) is 4.57 Å². The Balaban J connectivity index is 1.14. The first kappa shape index (κ1) is 29.6.